The lowest BCUT2D eigenvalue weighted by molar-refractivity contribution is -0.0548. The molecule has 0 radical (unpaired) electrons. The third-order valence-electron chi connectivity index (χ3n) is 0.379. The fourth-order valence-corrected chi connectivity index (χ4v) is 0.0386. The number of hydrogen-bond acceptors (Lipinski definition) is 2. The first-order valence-corrected chi connectivity index (χ1v) is 1.54. The van der Waals surface area contributed by atoms with Crippen molar-refractivity contribution >= 4 is 0 Å². The summed E-state index contributed by atoms with van der Waals surface area (Å²) in [4.78, 5) is 0. The Balaban J connectivity index is 3.36. The molecule has 44 valence electrons. The lowest BCUT2D eigenvalue weighted by atomic mass is 10.6. The third-order valence-corrected chi connectivity index (χ3v) is 0.379. The predicted molar refractivity (Wildman–Crippen MR) is 18.2 cm³/mol. The maximum absolute atomic E-state index is 11.3. The van der Waals surface area contributed by atoms with Crippen LogP contribution < -0.4 is 11.3 Å². The highest BCUT2D eigenvalue weighted by Gasteiger charge is 2.25. The van der Waals surface area contributed by atoms with Gasteiger partial charge in [-0.05, 0) is 0 Å². The second kappa shape index (κ2) is 2.13. The van der Waals surface area contributed by atoms with Gasteiger partial charge in [-0.2, -0.15) is 14.2 Å². The molecule has 0 unspecified atom stereocenters. The molecule has 2 nitrogen and oxygen atoms in total. The minimum absolute atomic E-state index is 0.983. The highest BCUT2D eigenvalue weighted by molar-refractivity contribution is 4.52. The maximum atomic E-state index is 11.3. The second-order valence-corrected chi connectivity index (χ2v) is 0.982. The number of halogens is 3. The van der Waals surface area contributed by atoms with E-state index in [2.05, 4.69) is 5.84 Å². The molecule has 7 heavy (non-hydrogen) atoms. The van der Waals surface area contributed by atoms with Crippen LogP contribution in [0.3, 0.4) is 0 Å². The molecule has 0 saturated heterocycles. The molecule has 5 heteroatoms. The Morgan fingerprint density at radius 2 is 2.00 bits per heavy atom. The Morgan fingerprint density at radius 1 is 1.57 bits per heavy atom. The molecule has 0 bridgehead atoms. The summed E-state index contributed by atoms with van der Waals surface area (Å²) < 4.78 is 33.4. The van der Waals surface area contributed by atoms with Crippen LogP contribution in [-0.4, -0.2) is 12.7 Å². The van der Waals surface area contributed by atoms with E-state index in [0.29, 0.717) is 0 Å². The zero-order valence-corrected chi connectivity index (χ0v) is 3.42. The zero-order valence-electron chi connectivity index (χ0n) is 3.42. The van der Waals surface area contributed by atoms with Crippen LogP contribution in [0.4, 0.5) is 13.2 Å². The van der Waals surface area contributed by atoms with Crippen molar-refractivity contribution in [1.29, 1.82) is 0 Å². The molecule has 0 heterocycles. The number of rotatable bonds is 2. The largest absolute Gasteiger partial charge is 0.342 e. The Bertz CT molecular complexity index is 48.9. The number of hydrazine groups is 1. The monoisotopic (exact) mass is 114 g/mol. The van der Waals surface area contributed by atoms with Gasteiger partial charge in [0.1, 0.15) is 0 Å². The van der Waals surface area contributed by atoms with Crippen molar-refractivity contribution in [2.75, 3.05) is 6.67 Å². The van der Waals surface area contributed by atoms with Crippen LogP contribution in [0.25, 0.3) is 0 Å². The van der Waals surface area contributed by atoms with E-state index in [-0.39, 0.29) is 0 Å². The van der Waals surface area contributed by atoms with Crippen LogP contribution in [0.15, 0.2) is 0 Å². The van der Waals surface area contributed by atoms with Crippen LogP contribution in [0.1, 0.15) is 0 Å². The van der Waals surface area contributed by atoms with Crippen molar-refractivity contribution in [1.82, 2.24) is 5.43 Å². The van der Waals surface area contributed by atoms with Crippen LogP contribution in [0.5, 0.6) is 0 Å². The molecule has 0 aliphatic heterocycles. The van der Waals surface area contributed by atoms with Gasteiger partial charge >= 0.3 is 6.05 Å². The molecular formula is C2H5F3N2. The van der Waals surface area contributed by atoms with Crippen LogP contribution in [0.2, 0.25) is 0 Å². The van der Waals surface area contributed by atoms with E-state index in [0.717, 1.165) is 5.43 Å². The van der Waals surface area contributed by atoms with E-state index >= 15 is 0 Å². The fraction of sp³-hybridized carbons (Fsp3) is 1.00. The lowest BCUT2D eigenvalue weighted by Crippen LogP contribution is -2.43. The lowest BCUT2D eigenvalue weighted by Gasteiger charge is -2.07. The van der Waals surface area contributed by atoms with Gasteiger partial charge in [0.15, 0.2) is 6.67 Å². The summed E-state index contributed by atoms with van der Waals surface area (Å²) in [6, 6.07) is -3.56. The molecule has 0 aromatic heterocycles. The second-order valence-electron chi connectivity index (χ2n) is 0.982. The molecular weight excluding hydrogens is 109 g/mol. The van der Waals surface area contributed by atoms with E-state index in [9.17, 15) is 13.2 Å². The topological polar surface area (TPSA) is 38.0 Å². The van der Waals surface area contributed by atoms with Gasteiger partial charge in [-0.15, -0.1) is 0 Å². The molecule has 0 aliphatic carbocycles. The molecule has 3 N–H and O–H groups in total. The summed E-state index contributed by atoms with van der Waals surface area (Å²) in [5.74, 6) is 4.18. The van der Waals surface area contributed by atoms with Gasteiger partial charge in [0.2, 0.25) is 0 Å². The van der Waals surface area contributed by atoms with Gasteiger partial charge in [0.25, 0.3) is 0 Å². The zero-order chi connectivity index (χ0) is 5.91. The van der Waals surface area contributed by atoms with Crippen molar-refractivity contribution in [2.24, 2.45) is 5.84 Å². The maximum Gasteiger partial charge on any atom is 0.342 e. The van der Waals surface area contributed by atoms with Gasteiger partial charge < -0.3 is 0 Å². The van der Waals surface area contributed by atoms with E-state index in [4.69, 9.17) is 0 Å². The Hall–Kier alpha value is -0.290. The van der Waals surface area contributed by atoms with Crippen LogP contribution >= 0.6 is 0 Å². The molecule has 0 aliphatic rings. The van der Waals surface area contributed by atoms with Crippen LogP contribution in [0, 0.1) is 0 Å². The SMILES string of the molecule is NNC(F)(F)CF. The van der Waals surface area contributed by atoms with Crippen molar-refractivity contribution in [3.63, 3.8) is 0 Å². The summed E-state index contributed by atoms with van der Waals surface area (Å²) in [5.41, 5.74) is 0.983. The van der Waals surface area contributed by atoms with Crippen molar-refractivity contribution in [3.05, 3.63) is 0 Å². The van der Waals surface area contributed by atoms with E-state index in [1.165, 1.54) is 0 Å². The fourth-order valence-electron chi connectivity index (χ4n) is 0.0386. The molecule has 0 aromatic carbocycles. The van der Waals surface area contributed by atoms with Gasteiger partial charge in [-0.1, -0.05) is 0 Å². The van der Waals surface area contributed by atoms with Gasteiger partial charge in [-0.25, -0.2) is 4.39 Å². The van der Waals surface area contributed by atoms with Gasteiger partial charge in [0.05, 0.1) is 0 Å². The predicted octanol–water partition coefficient (Wildman–Crippen LogP) is 0.0120. The van der Waals surface area contributed by atoms with Crippen molar-refractivity contribution < 1.29 is 13.2 Å². The molecule has 0 fully saturated rings. The smallest absolute Gasteiger partial charge is 0.267 e. The third kappa shape index (κ3) is 2.41. The minimum Gasteiger partial charge on any atom is -0.267 e. The first kappa shape index (κ1) is 6.71. The normalized spacial score (nSPS) is 12.0. The van der Waals surface area contributed by atoms with Crippen molar-refractivity contribution in [3.8, 4) is 0 Å². The summed E-state index contributed by atoms with van der Waals surface area (Å²) in [6.07, 6.45) is 0. The summed E-state index contributed by atoms with van der Waals surface area (Å²) >= 11 is 0. The van der Waals surface area contributed by atoms with E-state index in [1.807, 2.05) is 0 Å². The minimum atomic E-state index is -3.56. The molecule has 0 saturated carbocycles. The number of nitrogens with one attached hydrogen (secondary N) is 1. The van der Waals surface area contributed by atoms with Crippen LogP contribution in [-0.2, 0) is 0 Å². The standard InChI is InChI=1S/C2H5F3N2/c3-1-2(4,5)7-6/h7H,1,6H2. The highest BCUT2D eigenvalue weighted by Crippen LogP contribution is 2.05. The molecule has 0 spiro atoms. The first-order chi connectivity index (χ1) is 3.12. The van der Waals surface area contributed by atoms with E-state index in [1.54, 1.807) is 0 Å². The average Bonchev–Trinajstić information content (AvgIpc) is 1.68. The Labute approximate surface area is 38.5 Å². The Morgan fingerprint density at radius 3 is 2.00 bits per heavy atom. The van der Waals surface area contributed by atoms with Crippen molar-refractivity contribution in [2.45, 2.75) is 6.05 Å². The highest BCUT2D eigenvalue weighted by atomic mass is 19.3. The van der Waals surface area contributed by atoms with Gasteiger partial charge in [-0.3, -0.25) is 5.84 Å². The molecule has 0 rings (SSSR count). The number of hydrogen-bond donors (Lipinski definition) is 2. The summed E-state index contributed by atoms with van der Waals surface area (Å²) in [7, 11) is 0. The summed E-state index contributed by atoms with van der Waals surface area (Å²) in [5, 5.41) is 0. The number of alkyl halides is 3. The van der Waals surface area contributed by atoms with Gasteiger partial charge in [0, 0.05) is 0 Å². The molecule has 0 atom stereocenters. The quantitative estimate of drug-likeness (QED) is 0.301. The number of nitrogens with two attached hydrogens (primary N) is 1. The Kier molecular flexibility index (Phi) is 2.04. The first-order valence-electron chi connectivity index (χ1n) is 1.54. The molecule has 0 amide bonds. The van der Waals surface area contributed by atoms with E-state index < -0.39 is 12.7 Å². The summed E-state index contributed by atoms with van der Waals surface area (Å²) in [6.45, 7) is -1.77. The molecule has 0 aromatic rings. The average molecular weight is 114 g/mol.